The largest absolute Gasteiger partial charge is 0.394 e. The van der Waals surface area contributed by atoms with Crippen LogP contribution < -0.4 is 10.6 Å². The molecule has 1 fully saturated rings. The maximum absolute atomic E-state index is 11.4. The molecule has 3 N–H and O–H groups in total. The molecule has 94 valence electrons. The molecule has 0 aromatic rings. The van der Waals surface area contributed by atoms with Gasteiger partial charge in [0.25, 0.3) is 0 Å². The van der Waals surface area contributed by atoms with Crippen LogP contribution in [0.15, 0.2) is 0 Å². The standard InChI is InChI=1S/C9H18N2O4S/c1-7(5-12)11-9(13)4-8-6-16(14,15)3-2-10-8/h7-8,10,12H,2-6H2,1H3,(H,11,13)/t7-,8?/m1/s1. The number of rotatable bonds is 4. The molecule has 1 heterocycles. The van der Waals surface area contributed by atoms with Crippen LogP contribution in [-0.4, -0.2) is 56.2 Å². The molecular formula is C9H18N2O4S. The lowest BCUT2D eigenvalue weighted by Gasteiger charge is -2.23. The molecule has 1 amide bonds. The number of carbonyl (C=O) groups is 1. The van der Waals surface area contributed by atoms with E-state index in [2.05, 4.69) is 10.6 Å². The van der Waals surface area contributed by atoms with E-state index in [1.165, 1.54) is 0 Å². The summed E-state index contributed by atoms with van der Waals surface area (Å²) in [7, 11) is -3.00. The monoisotopic (exact) mass is 250 g/mol. The average Bonchev–Trinajstić information content (AvgIpc) is 2.15. The van der Waals surface area contributed by atoms with Crippen LogP contribution in [0.3, 0.4) is 0 Å². The summed E-state index contributed by atoms with van der Waals surface area (Å²) in [5.74, 6) is -0.0947. The molecule has 6 nitrogen and oxygen atoms in total. The van der Waals surface area contributed by atoms with Gasteiger partial charge in [0, 0.05) is 25.0 Å². The minimum atomic E-state index is -3.00. The first-order valence-electron chi connectivity index (χ1n) is 5.27. The molecule has 0 aromatic carbocycles. The van der Waals surface area contributed by atoms with Crippen LogP contribution >= 0.6 is 0 Å². The van der Waals surface area contributed by atoms with Gasteiger partial charge in [-0.25, -0.2) is 8.42 Å². The van der Waals surface area contributed by atoms with Crippen molar-refractivity contribution in [1.29, 1.82) is 0 Å². The van der Waals surface area contributed by atoms with Crippen molar-refractivity contribution in [3.63, 3.8) is 0 Å². The SMILES string of the molecule is C[C@H](CO)NC(=O)CC1CS(=O)(=O)CCN1. The Labute approximate surface area is 95.3 Å². The highest BCUT2D eigenvalue weighted by Gasteiger charge is 2.26. The highest BCUT2D eigenvalue weighted by Crippen LogP contribution is 2.04. The van der Waals surface area contributed by atoms with Crippen LogP contribution in [0.4, 0.5) is 0 Å². The number of sulfone groups is 1. The summed E-state index contributed by atoms with van der Waals surface area (Å²) in [6, 6.07) is -0.614. The highest BCUT2D eigenvalue weighted by atomic mass is 32.2. The molecule has 1 aliphatic rings. The van der Waals surface area contributed by atoms with Gasteiger partial charge in [-0.1, -0.05) is 0 Å². The van der Waals surface area contributed by atoms with Gasteiger partial charge in [-0.2, -0.15) is 0 Å². The van der Waals surface area contributed by atoms with Gasteiger partial charge in [-0.15, -0.1) is 0 Å². The van der Waals surface area contributed by atoms with E-state index in [0.717, 1.165) is 0 Å². The highest BCUT2D eigenvalue weighted by molar-refractivity contribution is 7.91. The molecular weight excluding hydrogens is 232 g/mol. The third-order valence-corrected chi connectivity index (χ3v) is 4.15. The van der Waals surface area contributed by atoms with Crippen molar-refractivity contribution in [3.05, 3.63) is 0 Å². The fourth-order valence-electron chi connectivity index (χ4n) is 1.60. The third kappa shape index (κ3) is 4.46. The second-order valence-electron chi connectivity index (χ2n) is 4.12. The predicted molar refractivity (Wildman–Crippen MR) is 59.8 cm³/mol. The smallest absolute Gasteiger partial charge is 0.221 e. The fourth-order valence-corrected chi connectivity index (χ4v) is 3.05. The summed E-state index contributed by atoms with van der Waals surface area (Å²) in [6.45, 7) is 1.96. The van der Waals surface area contributed by atoms with E-state index in [9.17, 15) is 13.2 Å². The second-order valence-corrected chi connectivity index (χ2v) is 6.35. The molecule has 0 aliphatic carbocycles. The molecule has 16 heavy (non-hydrogen) atoms. The van der Waals surface area contributed by atoms with Crippen molar-refractivity contribution in [2.45, 2.75) is 25.4 Å². The molecule has 1 unspecified atom stereocenters. The molecule has 2 atom stereocenters. The van der Waals surface area contributed by atoms with Crippen LogP contribution in [0.1, 0.15) is 13.3 Å². The predicted octanol–water partition coefficient (Wildman–Crippen LogP) is -1.74. The van der Waals surface area contributed by atoms with Crippen LogP contribution in [0.2, 0.25) is 0 Å². The normalized spacial score (nSPS) is 26.0. The molecule has 1 rings (SSSR count). The van der Waals surface area contributed by atoms with E-state index in [0.29, 0.717) is 6.54 Å². The van der Waals surface area contributed by atoms with Crippen LogP contribution in [0.25, 0.3) is 0 Å². The minimum Gasteiger partial charge on any atom is -0.394 e. The van der Waals surface area contributed by atoms with Gasteiger partial charge in [-0.3, -0.25) is 4.79 Å². The van der Waals surface area contributed by atoms with Gasteiger partial charge in [0.15, 0.2) is 9.84 Å². The summed E-state index contributed by atoms with van der Waals surface area (Å²) in [5.41, 5.74) is 0. The number of hydrogen-bond acceptors (Lipinski definition) is 5. The zero-order chi connectivity index (χ0) is 12.2. The Morgan fingerprint density at radius 1 is 1.62 bits per heavy atom. The van der Waals surface area contributed by atoms with Crippen molar-refractivity contribution in [2.75, 3.05) is 24.7 Å². The Balaban J connectivity index is 2.39. The Morgan fingerprint density at radius 2 is 2.31 bits per heavy atom. The van der Waals surface area contributed by atoms with E-state index < -0.39 is 9.84 Å². The lowest BCUT2D eigenvalue weighted by molar-refractivity contribution is -0.122. The lowest BCUT2D eigenvalue weighted by atomic mass is 10.2. The molecule has 1 aliphatic heterocycles. The van der Waals surface area contributed by atoms with Crippen molar-refractivity contribution in [2.24, 2.45) is 0 Å². The number of nitrogens with one attached hydrogen (secondary N) is 2. The summed E-state index contributed by atoms with van der Waals surface area (Å²) in [6.07, 6.45) is 0.129. The third-order valence-electron chi connectivity index (χ3n) is 2.41. The topological polar surface area (TPSA) is 95.5 Å². The number of aliphatic hydroxyl groups excluding tert-OH is 1. The first kappa shape index (κ1) is 13.4. The van der Waals surface area contributed by atoms with E-state index in [1.807, 2.05) is 0 Å². The van der Waals surface area contributed by atoms with E-state index in [-0.39, 0.29) is 42.5 Å². The zero-order valence-corrected chi connectivity index (χ0v) is 10.1. The summed E-state index contributed by atoms with van der Waals surface area (Å²) >= 11 is 0. The number of amides is 1. The van der Waals surface area contributed by atoms with Crippen molar-refractivity contribution in [3.8, 4) is 0 Å². The first-order valence-corrected chi connectivity index (χ1v) is 7.09. The Morgan fingerprint density at radius 3 is 2.88 bits per heavy atom. The van der Waals surface area contributed by atoms with Gasteiger partial charge >= 0.3 is 0 Å². The maximum Gasteiger partial charge on any atom is 0.221 e. The lowest BCUT2D eigenvalue weighted by Crippen LogP contribution is -2.48. The van der Waals surface area contributed by atoms with Gasteiger partial charge in [0.2, 0.25) is 5.91 Å². The van der Waals surface area contributed by atoms with Crippen LogP contribution in [0, 0.1) is 0 Å². The van der Waals surface area contributed by atoms with Gasteiger partial charge in [-0.05, 0) is 6.92 Å². The quantitative estimate of drug-likeness (QED) is 0.550. The van der Waals surface area contributed by atoms with Gasteiger partial charge < -0.3 is 15.7 Å². The Kier molecular flexibility index (Phi) is 4.69. The first-order chi connectivity index (χ1) is 7.43. The van der Waals surface area contributed by atoms with Gasteiger partial charge in [0.05, 0.1) is 18.1 Å². The minimum absolute atomic E-state index is 0.00786. The number of carbonyl (C=O) groups excluding carboxylic acids is 1. The van der Waals surface area contributed by atoms with Crippen molar-refractivity contribution < 1.29 is 18.3 Å². The zero-order valence-electron chi connectivity index (χ0n) is 9.27. The molecule has 0 spiro atoms. The van der Waals surface area contributed by atoms with Crippen molar-refractivity contribution in [1.82, 2.24) is 10.6 Å². The van der Waals surface area contributed by atoms with Gasteiger partial charge in [0.1, 0.15) is 0 Å². The van der Waals surface area contributed by atoms with Crippen LogP contribution in [-0.2, 0) is 14.6 Å². The van der Waals surface area contributed by atoms with Crippen molar-refractivity contribution >= 4 is 15.7 Å². The molecule has 0 radical (unpaired) electrons. The molecule has 0 saturated carbocycles. The molecule has 0 aromatic heterocycles. The summed E-state index contributed by atoms with van der Waals surface area (Å²) < 4.78 is 22.6. The van der Waals surface area contributed by atoms with E-state index in [1.54, 1.807) is 6.92 Å². The number of hydrogen-bond donors (Lipinski definition) is 3. The van der Waals surface area contributed by atoms with E-state index in [4.69, 9.17) is 5.11 Å². The van der Waals surface area contributed by atoms with Crippen LogP contribution in [0.5, 0.6) is 0 Å². The second kappa shape index (κ2) is 5.60. The molecule has 7 heteroatoms. The molecule has 0 bridgehead atoms. The Bertz CT molecular complexity index is 341. The summed E-state index contributed by atoms with van der Waals surface area (Å²) in [4.78, 5) is 11.4. The Hall–Kier alpha value is -0.660. The van der Waals surface area contributed by atoms with E-state index >= 15 is 0 Å². The number of aliphatic hydroxyl groups is 1. The fraction of sp³-hybridized carbons (Fsp3) is 0.889. The maximum atomic E-state index is 11.4. The summed E-state index contributed by atoms with van der Waals surface area (Å²) in [5, 5.41) is 14.3. The molecule has 1 saturated heterocycles. The average molecular weight is 250 g/mol.